The molecule has 0 aliphatic rings. The van der Waals surface area contributed by atoms with E-state index in [2.05, 4.69) is 4.98 Å². The third kappa shape index (κ3) is 5.13. The number of thiazole rings is 1. The summed E-state index contributed by atoms with van der Waals surface area (Å²) >= 11 is 1.17. The lowest BCUT2D eigenvalue weighted by Crippen LogP contribution is -2.28. The molecule has 0 saturated carbocycles. The summed E-state index contributed by atoms with van der Waals surface area (Å²) in [5.74, 6) is -0.610. The third-order valence-electron chi connectivity index (χ3n) is 3.47. The number of aromatic nitrogens is 1. The molecule has 1 aromatic heterocycles. The van der Waals surface area contributed by atoms with Crippen LogP contribution in [0.1, 0.15) is 34.8 Å². The van der Waals surface area contributed by atoms with E-state index in [0.717, 1.165) is 5.56 Å². The molecule has 0 radical (unpaired) electrons. The molecule has 0 aliphatic heterocycles. The van der Waals surface area contributed by atoms with Crippen molar-refractivity contribution in [1.82, 2.24) is 4.98 Å². The van der Waals surface area contributed by atoms with Gasteiger partial charge in [-0.15, -0.1) is 0 Å². The minimum Gasteiger partial charge on any atom is -0.462 e. The molecule has 2 rings (SSSR count). The van der Waals surface area contributed by atoms with Crippen LogP contribution in [0.25, 0.3) is 0 Å². The first-order valence-electron chi connectivity index (χ1n) is 8.36. The Morgan fingerprint density at radius 2 is 1.96 bits per heavy atom. The number of allylic oxidation sites excluding steroid dienone is 3. The van der Waals surface area contributed by atoms with Crippen molar-refractivity contribution in [1.29, 1.82) is 0 Å². The number of ether oxygens (including phenoxy) is 1. The highest BCUT2D eigenvalue weighted by molar-refractivity contribution is 7.17. The zero-order valence-electron chi connectivity index (χ0n) is 15.1. The first kappa shape index (κ1) is 19.6. The number of nitrogens with zero attached hydrogens (tertiary/aromatic N) is 2. The molecular weight excluding hydrogens is 348 g/mol. The first-order chi connectivity index (χ1) is 12.6. The van der Waals surface area contributed by atoms with E-state index in [0.29, 0.717) is 28.9 Å². The van der Waals surface area contributed by atoms with Gasteiger partial charge in [-0.25, -0.2) is 9.78 Å². The van der Waals surface area contributed by atoms with Gasteiger partial charge in [-0.05, 0) is 26.3 Å². The average Bonchev–Trinajstić information content (AvgIpc) is 3.02. The topological polar surface area (TPSA) is 59.5 Å². The second kappa shape index (κ2) is 9.68. The molecule has 1 heterocycles. The van der Waals surface area contributed by atoms with E-state index >= 15 is 0 Å². The molecule has 0 spiro atoms. The van der Waals surface area contributed by atoms with Crippen molar-refractivity contribution >= 4 is 28.3 Å². The van der Waals surface area contributed by atoms with Crippen LogP contribution in [0.4, 0.5) is 5.13 Å². The van der Waals surface area contributed by atoms with Gasteiger partial charge in [0.1, 0.15) is 4.88 Å². The molecule has 1 amide bonds. The van der Waals surface area contributed by atoms with Crippen LogP contribution in [-0.4, -0.2) is 23.5 Å². The van der Waals surface area contributed by atoms with Crippen molar-refractivity contribution in [3.63, 3.8) is 0 Å². The fourth-order valence-electron chi connectivity index (χ4n) is 2.23. The van der Waals surface area contributed by atoms with E-state index in [1.165, 1.54) is 17.4 Å². The van der Waals surface area contributed by atoms with E-state index in [1.807, 2.05) is 43.3 Å². The van der Waals surface area contributed by atoms with Gasteiger partial charge in [0.05, 0.1) is 18.8 Å². The van der Waals surface area contributed by atoms with E-state index in [-0.39, 0.29) is 5.91 Å². The van der Waals surface area contributed by atoms with Crippen molar-refractivity contribution in [3.05, 3.63) is 70.8 Å². The summed E-state index contributed by atoms with van der Waals surface area (Å²) in [6.45, 7) is 6.05. The Labute approximate surface area is 157 Å². The number of aryl methyl sites for hydroxylation is 1. The van der Waals surface area contributed by atoms with Crippen LogP contribution in [-0.2, 0) is 16.1 Å². The quantitative estimate of drug-likeness (QED) is 0.414. The largest absolute Gasteiger partial charge is 0.462 e. The summed E-state index contributed by atoms with van der Waals surface area (Å²) in [7, 11) is 0. The lowest BCUT2D eigenvalue weighted by atomic mass is 10.2. The summed E-state index contributed by atoms with van der Waals surface area (Å²) in [4.78, 5) is 31.2. The van der Waals surface area contributed by atoms with Crippen LogP contribution in [0.3, 0.4) is 0 Å². The number of hydrogen-bond donors (Lipinski definition) is 0. The van der Waals surface area contributed by atoms with Gasteiger partial charge in [-0.2, -0.15) is 0 Å². The first-order valence-corrected chi connectivity index (χ1v) is 9.17. The van der Waals surface area contributed by atoms with Crippen molar-refractivity contribution in [2.75, 3.05) is 11.5 Å². The Kier molecular flexibility index (Phi) is 7.29. The summed E-state index contributed by atoms with van der Waals surface area (Å²) in [6.07, 6.45) is 6.81. The fraction of sp³-hybridized carbons (Fsp3) is 0.250. The number of carbonyl (C=O) groups is 2. The number of anilines is 1. The second-order valence-electron chi connectivity index (χ2n) is 5.43. The summed E-state index contributed by atoms with van der Waals surface area (Å²) < 4.78 is 5.06. The summed E-state index contributed by atoms with van der Waals surface area (Å²) in [6, 6.07) is 9.66. The molecule has 6 heteroatoms. The highest BCUT2D eigenvalue weighted by Crippen LogP contribution is 2.28. The standard InChI is InChI=1S/C20H22N2O3S/c1-4-6-8-13-17(23)22(14-16-11-9-7-10-12-16)20-21-15(3)18(26-20)19(24)25-5-2/h4,6-13H,5,14H2,1-3H3. The highest BCUT2D eigenvalue weighted by Gasteiger charge is 2.23. The normalized spacial score (nSPS) is 11.2. The maximum atomic E-state index is 12.7. The number of hydrogen-bond acceptors (Lipinski definition) is 5. The van der Waals surface area contributed by atoms with E-state index < -0.39 is 5.97 Å². The van der Waals surface area contributed by atoms with Gasteiger partial charge in [0.15, 0.2) is 5.13 Å². The van der Waals surface area contributed by atoms with Gasteiger partial charge in [0.2, 0.25) is 0 Å². The van der Waals surface area contributed by atoms with Crippen LogP contribution in [0.15, 0.2) is 54.6 Å². The maximum Gasteiger partial charge on any atom is 0.350 e. The molecule has 0 atom stereocenters. The minimum absolute atomic E-state index is 0.198. The molecule has 2 aromatic rings. The molecule has 136 valence electrons. The van der Waals surface area contributed by atoms with E-state index in [4.69, 9.17) is 4.74 Å². The van der Waals surface area contributed by atoms with Crippen LogP contribution in [0, 0.1) is 6.92 Å². The number of rotatable bonds is 7. The molecule has 0 fully saturated rings. The van der Waals surface area contributed by atoms with Crippen LogP contribution in [0.2, 0.25) is 0 Å². The molecular formula is C20H22N2O3S. The Morgan fingerprint density at radius 3 is 2.62 bits per heavy atom. The zero-order valence-corrected chi connectivity index (χ0v) is 16.0. The molecule has 0 unspecified atom stereocenters. The van der Waals surface area contributed by atoms with Gasteiger partial charge < -0.3 is 4.74 Å². The van der Waals surface area contributed by atoms with Crippen LogP contribution < -0.4 is 4.90 Å². The summed E-state index contributed by atoms with van der Waals surface area (Å²) in [5.41, 5.74) is 1.54. The number of carbonyl (C=O) groups excluding carboxylic acids is 2. The van der Waals surface area contributed by atoms with Gasteiger partial charge >= 0.3 is 5.97 Å². The predicted octanol–water partition coefficient (Wildman–Crippen LogP) is 4.29. The fourth-order valence-corrected chi connectivity index (χ4v) is 3.19. The van der Waals surface area contributed by atoms with Crippen molar-refractivity contribution in [3.8, 4) is 0 Å². The monoisotopic (exact) mass is 370 g/mol. The molecule has 5 nitrogen and oxygen atoms in total. The average molecular weight is 370 g/mol. The second-order valence-corrected chi connectivity index (χ2v) is 6.40. The Bertz CT molecular complexity index is 810. The lowest BCUT2D eigenvalue weighted by molar-refractivity contribution is -0.114. The smallest absolute Gasteiger partial charge is 0.350 e. The van der Waals surface area contributed by atoms with Crippen molar-refractivity contribution in [2.24, 2.45) is 0 Å². The van der Waals surface area contributed by atoms with E-state index in [9.17, 15) is 9.59 Å². The Morgan fingerprint density at radius 1 is 1.23 bits per heavy atom. The molecule has 0 bridgehead atoms. The Balaban J connectivity index is 2.35. The van der Waals surface area contributed by atoms with E-state index in [1.54, 1.807) is 30.9 Å². The van der Waals surface area contributed by atoms with Gasteiger partial charge in [-0.3, -0.25) is 9.69 Å². The van der Waals surface area contributed by atoms with Crippen LogP contribution >= 0.6 is 11.3 Å². The van der Waals surface area contributed by atoms with Gasteiger partial charge in [0.25, 0.3) is 5.91 Å². The highest BCUT2D eigenvalue weighted by atomic mass is 32.1. The minimum atomic E-state index is -0.412. The predicted molar refractivity (Wildman–Crippen MR) is 104 cm³/mol. The Hall–Kier alpha value is -2.73. The van der Waals surface area contributed by atoms with Gasteiger partial charge in [0, 0.05) is 6.08 Å². The molecule has 1 aromatic carbocycles. The molecule has 0 aliphatic carbocycles. The van der Waals surface area contributed by atoms with Crippen LogP contribution in [0.5, 0.6) is 0 Å². The zero-order chi connectivity index (χ0) is 18.9. The van der Waals surface area contributed by atoms with Gasteiger partial charge in [-0.1, -0.05) is 59.9 Å². The van der Waals surface area contributed by atoms with Crippen molar-refractivity contribution in [2.45, 2.75) is 27.3 Å². The number of benzene rings is 1. The molecule has 26 heavy (non-hydrogen) atoms. The number of amides is 1. The van der Waals surface area contributed by atoms with Crippen molar-refractivity contribution < 1.29 is 14.3 Å². The SMILES string of the molecule is CC=CC=CC(=O)N(Cc1ccccc1)c1nc(C)c(C(=O)OCC)s1. The third-order valence-corrected chi connectivity index (χ3v) is 4.63. The molecule has 0 saturated heterocycles. The maximum absolute atomic E-state index is 12.7. The lowest BCUT2D eigenvalue weighted by Gasteiger charge is -2.18. The molecule has 0 N–H and O–H groups in total. The summed E-state index contributed by atoms with van der Waals surface area (Å²) in [5, 5.41) is 0.476. The number of esters is 1.